The topological polar surface area (TPSA) is 0 Å². The van der Waals surface area contributed by atoms with Crippen LogP contribution in [-0.4, -0.2) is 5.38 Å². The lowest BCUT2D eigenvalue weighted by molar-refractivity contribution is 0.702. The van der Waals surface area contributed by atoms with Gasteiger partial charge in [-0.2, -0.15) is 0 Å². The highest BCUT2D eigenvalue weighted by atomic mass is 35.5. The van der Waals surface area contributed by atoms with Crippen LogP contribution in [0.3, 0.4) is 0 Å². The Kier molecular flexibility index (Phi) is 2.68. The van der Waals surface area contributed by atoms with E-state index in [1.165, 1.54) is 38.5 Å². The summed E-state index contributed by atoms with van der Waals surface area (Å²) in [5, 5.41) is 0.498. The fraction of sp³-hybridized carbons (Fsp3) is 1.00. The Morgan fingerprint density at radius 3 is 1.88 bits per heavy atom. The van der Waals surface area contributed by atoms with Crippen LogP contribution in [0.2, 0.25) is 0 Å². The molecule has 1 heteroatoms. The molecule has 0 N–H and O–H groups in total. The third-order valence-electron chi connectivity index (χ3n) is 1.78. The van der Waals surface area contributed by atoms with Gasteiger partial charge in [0.2, 0.25) is 0 Å². The molecule has 1 rings (SSSR count). The molecule has 48 valence electrons. The Morgan fingerprint density at radius 1 is 0.875 bits per heavy atom. The fourth-order valence-electron chi connectivity index (χ4n) is 1.23. The van der Waals surface area contributed by atoms with Crippen molar-refractivity contribution in [2.75, 3.05) is 0 Å². The average molecular weight is 133 g/mol. The molecule has 1 aliphatic rings. The predicted octanol–water partition coefficient (Wildman–Crippen LogP) is 2.95. The number of hydrogen-bond donors (Lipinski definition) is 0. The second kappa shape index (κ2) is 3.34. The molecule has 0 bridgehead atoms. The van der Waals surface area contributed by atoms with Crippen LogP contribution in [0.5, 0.6) is 0 Å². The molecule has 0 heterocycles. The van der Waals surface area contributed by atoms with E-state index in [1.54, 1.807) is 0 Å². The molecule has 0 atom stereocenters. The largest absolute Gasteiger partial charge is 0.123 e. The quantitative estimate of drug-likeness (QED) is 0.351. The van der Waals surface area contributed by atoms with Gasteiger partial charge in [-0.3, -0.25) is 0 Å². The molecule has 0 unspecified atom stereocenters. The Morgan fingerprint density at radius 2 is 1.38 bits per heavy atom. The van der Waals surface area contributed by atoms with Crippen LogP contribution in [0, 0.1) is 0 Å². The third kappa shape index (κ3) is 2.04. The van der Waals surface area contributed by atoms with Crippen LogP contribution < -0.4 is 0 Å². The summed E-state index contributed by atoms with van der Waals surface area (Å²) in [6, 6.07) is 0. The number of rotatable bonds is 0. The molecule has 0 spiro atoms. The van der Waals surface area contributed by atoms with Crippen LogP contribution >= 0.6 is 11.6 Å². The van der Waals surface area contributed by atoms with E-state index in [9.17, 15) is 0 Å². The van der Waals surface area contributed by atoms with Crippen molar-refractivity contribution < 1.29 is 0 Å². The SMILES string of the molecule is ClC1CCCCCC1. The summed E-state index contributed by atoms with van der Waals surface area (Å²) in [6.45, 7) is 0. The molecular weight excluding hydrogens is 120 g/mol. The molecule has 1 aliphatic carbocycles. The highest BCUT2D eigenvalue weighted by Gasteiger charge is 2.07. The summed E-state index contributed by atoms with van der Waals surface area (Å²) in [5.41, 5.74) is 0. The van der Waals surface area contributed by atoms with Gasteiger partial charge in [0.05, 0.1) is 0 Å². The molecule has 0 aliphatic heterocycles. The monoisotopic (exact) mass is 132 g/mol. The van der Waals surface area contributed by atoms with E-state index < -0.39 is 0 Å². The summed E-state index contributed by atoms with van der Waals surface area (Å²) in [4.78, 5) is 0. The maximum absolute atomic E-state index is 5.92. The Labute approximate surface area is 56.2 Å². The zero-order valence-electron chi connectivity index (χ0n) is 5.20. The summed E-state index contributed by atoms with van der Waals surface area (Å²) >= 11 is 5.92. The van der Waals surface area contributed by atoms with Gasteiger partial charge in [-0.1, -0.05) is 25.7 Å². The van der Waals surface area contributed by atoms with E-state index >= 15 is 0 Å². The fourth-order valence-corrected chi connectivity index (χ4v) is 1.54. The Bertz CT molecular complexity index is 53.4. The van der Waals surface area contributed by atoms with Gasteiger partial charge in [-0.15, -0.1) is 11.6 Å². The molecule has 8 heavy (non-hydrogen) atoms. The van der Waals surface area contributed by atoms with Crippen molar-refractivity contribution in [1.82, 2.24) is 0 Å². The molecule has 0 nitrogen and oxygen atoms in total. The molecule has 0 aromatic rings. The number of halogens is 1. The molecule has 0 radical (unpaired) electrons. The first-order valence-electron chi connectivity index (χ1n) is 3.53. The van der Waals surface area contributed by atoms with Crippen molar-refractivity contribution >= 4 is 11.6 Å². The summed E-state index contributed by atoms with van der Waals surface area (Å²) in [5.74, 6) is 0. The molecule has 0 aromatic heterocycles. The van der Waals surface area contributed by atoms with E-state index in [0.29, 0.717) is 5.38 Å². The van der Waals surface area contributed by atoms with Gasteiger partial charge in [-0.05, 0) is 12.8 Å². The summed E-state index contributed by atoms with van der Waals surface area (Å²) < 4.78 is 0. The molecule has 0 amide bonds. The second-order valence-corrected chi connectivity index (χ2v) is 3.21. The Hall–Kier alpha value is 0.290. The van der Waals surface area contributed by atoms with Crippen molar-refractivity contribution in [1.29, 1.82) is 0 Å². The first-order valence-corrected chi connectivity index (χ1v) is 3.97. The van der Waals surface area contributed by atoms with Crippen molar-refractivity contribution in [2.24, 2.45) is 0 Å². The first kappa shape index (κ1) is 6.41. The van der Waals surface area contributed by atoms with Gasteiger partial charge in [0.1, 0.15) is 0 Å². The van der Waals surface area contributed by atoms with Gasteiger partial charge in [-0.25, -0.2) is 0 Å². The van der Waals surface area contributed by atoms with E-state index in [1.807, 2.05) is 0 Å². The summed E-state index contributed by atoms with van der Waals surface area (Å²) in [6.07, 6.45) is 8.03. The van der Waals surface area contributed by atoms with Gasteiger partial charge in [0, 0.05) is 5.38 Å². The van der Waals surface area contributed by atoms with Crippen molar-refractivity contribution in [3.05, 3.63) is 0 Å². The van der Waals surface area contributed by atoms with E-state index in [2.05, 4.69) is 0 Å². The smallest absolute Gasteiger partial charge is 0.0336 e. The lowest BCUT2D eigenvalue weighted by atomic mass is 10.2. The standard InChI is InChI=1S/C7H13Cl/c8-7-5-3-1-2-4-6-7/h7H,1-6H2. The van der Waals surface area contributed by atoms with Crippen LogP contribution in [0.15, 0.2) is 0 Å². The normalized spacial score (nSPS) is 25.1. The van der Waals surface area contributed by atoms with Gasteiger partial charge >= 0.3 is 0 Å². The lowest BCUT2D eigenvalue weighted by Gasteiger charge is -2.00. The van der Waals surface area contributed by atoms with Gasteiger partial charge in [0.15, 0.2) is 0 Å². The highest BCUT2D eigenvalue weighted by Crippen LogP contribution is 2.20. The second-order valence-electron chi connectivity index (χ2n) is 2.59. The van der Waals surface area contributed by atoms with Crippen molar-refractivity contribution in [3.63, 3.8) is 0 Å². The minimum atomic E-state index is 0.498. The molecule has 1 fully saturated rings. The van der Waals surface area contributed by atoms with E-state index in [4.69, 9.17) is 11.6 Å². The Balaban J connectivity index is 2.17. The predicted molar refractivity (Wildman–Crippen MR) is 37.3 cm³/mol. The first-order chi connectivity index (χ1) is 3.89. The van der Waals surface area contributed by atoms with Crippen LogP contribution in [0.25, 0.3) is 0 Å². The number of alkyl halides is 1. The molecule has 1 saturated carbocycles. The number of hydrogen-bond acceptors (Lipinski definition) is 0. The maximum atomic E-state index is 5.92. The zero-order valence-corrected chi connectivity index (χ0v) is 5.95. The molecule has 0 saturated heterocycles. The maximum Gasteiger partial charge on any atom is 0.0336 e. The van der Waals surface area contributed by atoms with E-state index in [-0.39, 0.29) is 0 Å². The van der Waals surface area contributed by atoms with Crippen LogP contribution in [-0.2, 0) is 0 Å². The highest BCUT2D eigenvalue weighted by molar-refractivity contribution is 6.20. The third-order valence-corrected chi connectivity index (χ3v) is 2.22. The molecule has 0 aromatic carbocycles. The summed E-state index contributed by atoms with van der Waals surface area (Å²) in [7, 11) is 0. The van der Waals surface area contributed by atoms with Gasteiger partial charge in [0.25, 0.3) is 0 Å². The van der Waals surface area contributed by atoms with Crippen LogP contribution in [0.4, 0.5) is 0 Å². The zero-order chi connectivity index (χ0) is 5.82. The molecular formula is C7H13Cl. The lowest BCUT2D eigenvalue weighted by Crippen LogP contribution is -1.92. The average Bonchev–Trinajstić information content (AvgIpc) is 1.94. The van der Waals surface area contributed by atoms with E-state index in [0.717, 1.165) is 0 Å². The van der Waals surface area contributed by atoms with Crippen molar-refractivity contribution in [3.8, 4) is 0 Å². The minimum absolute atomic E-state index is 0.498. The minimum Gasteiger partial charge on any atom is -0.123 e. The van der Waals surface area contributed by atoms with Crippen molar-refractivity contribution in [2.45, 2.75) is 43.9 Å². The van der Waals surface area contributed by atoms with Gasteiger partial charge < -0.3 is 0 Å². The van der Waals surface area contributed by atoms with Crippen LogP contribution in [0.1, 0.15) is 38.5 Å².